The number of hydrogen-bond acceptors (Lipinski definition) is 2. The average Bonchev–Trinajstić information content (AvgIpc) is 2.12. The SMILES string of the molecule is Cn1c(=O)ccc2ncc(Br)cc21. The average molecular weight is 239 g/mol. The first-order valence-corrected chi connectivity index (χ1v) is 4.59. The summed E-state index contributed by atoms with van der Waals surface area (Å²) in [4.78, 5) is 15.4. The molecule has 0 atom stereocenters. The Labute approximate surface area is 83.2 Å². The Morgan fingerprint density at radius 3 is 3.00 bits per heavy atom. The number of halogens is 1. The summed E-state index contributed by atoms with van der Waals surface area (Å²) in [5, 5.41) is 0. The highest BCUT2D eigenvalue weighted by atomic mass is 79.9. The fourth-order valence-corrected chi connectivity index (χ4v) is 1.54. The van der Waals surface area contributed by atoms with E-state index in [2.05, 4.69) is 20.9 Å². The van der Waals surface area contributed by atoms with Gasteiger partial charge >= 0.3 is 0 Å². The lowest BCUT2D eigenvalue weighted by Crippen LogP contribution is -2.15. The Morgan fingerprint density at radius 2 is 2.23 bits per heavy atom. The van der Waals surface area contributed by atoms with Crippen molar-refractivity contribution in [3.63, 3.8) is 0 Å². The van der Waals surface area contributed by atoms with Crippen molar-refractivity contribution < 1.29 is 0 Å². The van der Waals surface area contributed by atoms with E-state index in [9.17, 15) is 4.79 Å². The Hall–Kier alpha value is -1.16. The normalized spacial score (nSPS) is 10.6. The predicted molar refractivity (Wildman–Crippen MR) is 54.7 cm³/mol. The number of fused-ring (bicyclic) bond motifs is 1. The molecule has 2 rings (SSSR count). The third kappa shape index (κ3) is 1.37. The van der Waals surface area contributed by atoms with E-state index in [1.54, 1.807) is 23.9 Å². The minimum atomic E-state index is -0.0209. The zero-order valence-electron chi connectivity index (χ0n) is 6.99. The minimum absolute atomic E-state index is 0.0209. The van der Waals surface area contributed by atoms with Crippen LogP contribution in [-0.2, 0) is 7.05 Å². The number of hydrogen-bond donors (Lipinski definition) is 0. The molecular weight excluding hydrogens is 232 g/mol. The molecule has 2 aromatic rings. The van der Waals surface area contributed by atoms with E-state index >= 15 is 0 Å². The number of pyridine rings is 2. The van der Waals surface area contributed by atoms with Gasteiger partial charge in [-0.1, -0.05) is 0 Å². The van der Waals surface area contributed by atoms with Crippen molar-refractivity contribution in [2.45, 2.75) is 0 Å². The topological polar surface area (TPSA) is 34.9 Å². The summed E-state index contributed by atoms with van der Waals surface area (Å²) >= 11 is 3.31. The lowest BCUT2D eigenvalue weighted by atomic mass is 10.3. The second kappa shape index (κ2) is 2.96. The molecule has 0 N–H and O–H groups in total. The molecule has 0 saturated carbocycles. The van der Waals surface area contributed by atoms with Crippen LogP contribution in [0.4, 0.5) is 0 Å². The molecular formula is C9H7BrN2O. The smallest absolute Gasteiger partial charge is 0.250 e. The Balaban J connectivity index is 2.97. The third-order valence-electron chi connectivity index (χ3n) is 1.94. The van der Waals surface area contributed by atoms with Gasteiger partial charge in [0, 0.05) is 23.8 Å². The molecule has 0 spiro atoms. The minimum Gasteiger partial charge on any atom is -0.310 e. The van der Waals surface area contributed by atoms with Crippen LogP contribution in [0.15, 0.2) is 33.7 Å². The number of aromatic nitrogens is 2. The van der Waals surface area contributed by atoms with E-state index < -0.39 is 0 Å². The quantitative estimate of drug-likeness (QED) is 0.701. The molecule has 0 aliphatic heterocycles. The molecule has 0 aliphatic rings. The first-order chi connectivity index (χ1) is 6.18. The second-order valence-electron chi connectivity index (χ2n) is 2.79. The molecule has 0 fully saturated rings. The van der Waals surface area contributed by atoms with Crippen LogP contribution in [0, 0.1) is 0 Å². The van der Waals surface area contributed by atoms with E-state index in [4.69, 9.17) is 0 Å². The van der Waals surface area contributed by atoms with E-state index in [0.29, 0.717) is 0 Å². The maximum atomic E-state index is 11.3. The van der Waals surface area contributed by atoms with E-state index in [1.807, 2.05) is 6.07 Å². The molecule has 0 bridgehead atoms. The Kier molecular flexibility index (Phi) is 1.92. The van der Waals surface area contributed by atoms with Crippen LogP contribution >= 0.6 is 15.9 Å². The summed E-state index contributed by atoms with van der Waals surface area (Å²) in [7, 11) is 1.73. The molecule has 0 unspecified atom stereocenters. The third-order valence-corrected chi connectivity index (χ3v) is 2.37. The zero-order chi connectivity index (χ0) is 9.42. The molecule has 0 radical (unpaired) electrons. The molecule has 66 valence electrons. The van der Waals surface area contributed by atoms with E-state index in [-0.39, 0.29) is 5.56 Å². The highest BCUT2D eigenvalue weighted by Crippen LogP contribution is 2.14. The van der Waals surface area contributed by atoms with Gasteiger partial charge in [0.05, 0.1) is 11.0 Å². The molecule has 2 heterocycles. The first kappa shape index (κ1) is 8.44. The maximum Gasteiger partial charge on any atom is 0.250 e. The van der Waals surface area contributed by atoms with Crippen LogP contribution < -0.4 is 5.56 Å². The molecule has 0 amide bonds. The summed E-state index contributed by atoms with van der Waals surface area (Å²) in [5.41, 5.74) is 1.64. The molecule has 4 heteroatoms. The second-order valence-corrected chi connectivity index (χ2v) is 3.70. The first-order valence-electron chi connectivity index (χ1n) is 3.80. The molecule has 0 aromatic carbocycles. The van der Waals surface area contributed by atoms with Crippen LogP contribution in [0.25, 0.3) is 11.0 Å². The fraction of sp³-hybridized carbons (Fsp3) is 0.111. The summed E-state index contributed by atoms with van der Waals surface area (Å²) in [6.07, 6.45) is 1.72. The van der Waals surface area contributed by atoms with Crippen molar-refractivity contribution in [2.75, 3.05) is 0 Å². The zero-order valence-corrected chi connectivity index (χ0v) is 8.58. The molecule has 2 aromatic heterocycles. The van der Waals surface area contributed by atoms with Crippen LogP contribution in [0.5, 0.6) is 0 Å². The lowest BCUT2D eigenvalue weighted by molar-refractivity contribution is 0.902. The van der Waals surface area contributed by atoms with Crippen LogP contribution in [0.3, 0.4) is 0 Å². The maximum absolute atomic E-state index is 11.3. The molecule has 13 heavy (non-hydrogen) atoms. The monoisotopic (exact) mass is 238 g/mol. The van der Waals surface area contributed by atoms with Gasteiger partial charge in [-0.3, -0.25) is 9.78 Å². The van der Waals surface area contributed by atoms with Crippen LogP contribution in [-0.4, -0.2) is 9.55 Å². The fourth-order valence-electron chi connectivity index (χ4n) is 1.22. The molecule has 3 nitrogen and oxygen atoms in total. The van der Waals surface area contributed by atoms with Crippen molar-refractivity contribution in [1.82, 2.24) is 9.55 Å². The number of aryl methyl sites for hydroxylation is 1. The summed E-state index contributed by atoms with van der Waals surface area (Å²) in [6.45, 7) is 0. The van der Waals surface area contributed by atoms with Gasteiger partial charge in [-0.2, -0.15) is 0 Å². The van der Waals surface area contributed by atoms with Crippen LogP contribution in [0.2, 0.25) is 0 Å². The van der Waals surface area contributed by atoms with Gasteiger partial charge in [-0.15, -0.1) is 0 Å². The van der Waals surface area contributed by atoms with Gasteiger partial charge in [-0.05, 0) is 28.1 Å². The van der Waals surface area contributed by atoms with Gasteiger partial charge in [0.15, 0.2) is 0 Å². The van der Waals surface area contributed by atoms with Gasteiger partial charge in [-0.25, -0.2) is 0 Å². The van der Waals surface area contributed by atoms with Crippen molar-refractivity contribution in [3.05, 3.63) is 39.2 Å². The molecule has 0 saturated heterocycles. The van der Waals surface area contributed by atoms with Crippen molar-refractivity contribution in [3.8, 4) is 0 Å². The number of nitrogens with zero attached hydrogens (tertiary/aromatic N) is 2. The summed E-state index contributed by atoms with van der Waals surface area (Å²) in [5.74, 6) is 0. The van der Waals surface area contributed by atoms with E-state index in [1.165, 1.54) is 6.07 Å². The van der Waals surface area contributed by atoms with Gasteiger partial charge in [0.2, 0.25) is 0 Å². The van der Waals surface area contributed by atoms with Crippen molar-refractivity contribution >= 4 is 27.0 Å². The largest absolute Gasteiger partial charge is 0.310 e. The predicted octanol–water partition coefficient (Wildman–Crippen LogP) is 1.70. The van der Waals surface area contributed by atoms with Gasteiger partial charge in [0.25, 0.3) is 5.56 Å². The highest BCUT2D eigenvalue weighted by Gasteiger charge is 1.99. The lowest BCUT2D eigenvalue weighted by Gasteiger charge is -2.02. The van der Waals surface area contributed by atoms with Crippen LogP contribution in [0.1, 0.15) is 0 Å². The summed E-state index contributed by atoms with van der Waals surface area (Å²) in [6, 6.07) is 5.12. The van der Waals surface area contributed by atoms with Crippen molar-refractivity contribution in [2.24, 2.45) is 7.05 Å². The Bertz CT molecular complexity index is 518. The Morgan fingerprint density at radius 1 is 1.46 bits per heavy atom. The van der Waals surface area contributed by atoms with Gasteiger partial charge < -0.3 is 4.57 Å². The van der Waals surface area contributed by atoms with Crippen molar-refractivity contribution in [1.29, 1.82) is 0 Å². The summed E-state index contributed by atoms with van der Waals surface area (Å²) < 4.78 is 2.45. The number of rotatable bonds is 0. The molecule has 0 aliphatic carbocycles. The van der Waals surface area contributed by atoms with E-state index in [0.717, 1.165) is 15.5 Å². The highest BCUT2D eigenvalue weighted by molar-refractivity contribution is 9.10. The van der Waals surface area contributed by atoms with Gasteiger partial charge in [0.1, 0.15) is 0 Å². The standard InChI is InChI=1S/C9H7BrN2O/c1-12-8-4-6(10)5-11-7(8)2-3-9(12)13/h2-5H,1H3.